The van der Waals surface area contributed by atoms with E-state index < -0.39 is 0 Å². The van der Waals surface area contributed by atoms with E-state index in [0.29, 0.717) is 0 Å². The summed E-state index contributed by atoms with van der Waals surface area (Å²) in [5.74, 6) is 0. The van der Waals surface area contributed by atoms with Crippen LogP contribution in [0.1, 0.15) is 44.2 Å². The fourth-order valence-corrected chi connectivity index (χ4v) is 1.94. The van der Waals surface area contributed by atoms with Gasteiger partial charge in [0.05, 0.1) is 13.2 Å². The number of unbranched alkanes of at least 4 members (excludes halogenated alkanes) is 1. The molecule has 1 aromatic rings. The molecule has 0 heterocycles. The molecule has 0 aliphatic rings. The molecule has 0 aliphatic carbocycles. The second-order valence-corrected chi connectivity index (χ2v) is 4.85. The van der Waals surface area contributed by atoms with Crippen molar-refractivity contribution in [3.05, 3.63) is 35.4 Å². The molecule has 0 unspecified atom stereocenters. The first kappa shape index (κ1) is 16.2. The standard InChI is InChI=1S/C17H28O2/c1-3-12-18-14-15-19-13-6-5-7-17-10-8-16(4-2)9-11-17/h8-11H,3-7,12-15H2,1-2H3. The van der Waals surface area contributed by atoms with Crippen molar-refractivity contribution in [2.24, 2.45) is 0 Å². The summed E-state index contributed by atoms with van der Waals surface area (Å²) in [6, 6.07) is 8.96. The van der Waals surface area contributed by atoms with Gasteiger partial charge in [0.15, 0.2) is 0 Å². The highest BCUT2D eigenvalue weighted by Gasteiger charge is 1.95. The molecule has 0 saturated carbocycles. The van der Waals surface area contributed by atoms with E-state index in [4.69, 9.17) is 9.47 Å². The molecule has 0 spiro atoms. The summed E-state index contributed by atoms with van der Waals surface area (Å²) in [5, 5.41) is 0. The summed E-state index contributed by atoms with van der Waals surface area (Å²) < 4.78 is 10.9. The van der Waals surface area contributed by atoms with E-state index in [9.17, 15) is 0 Å². The van der Waals surface area contributed by atoms with Gasteiger partial charge in [-0.05, 0) is 43.2 Å². The molecule has 0 N–H and O–H groups in total. The zero-order valence-corrected chi connectivity index (χ0v) is 12.5. The van der Waals surface area contributed by atoms with Crippen molar-refractivity contribution in [2.45, 2.75) is 46.0 Å². The molecule has 2 nitrogen and oxygen atoms in total. The van der Waals surface area contributed by atoms with Crippen LogP contribution in [0.25, 0.3) is 0 Å². The van der Waals surface area contributed by atoms with Crippen LogP contribution in [0, 0.1) is 0 Å². The SMILES string of the molecule is CCCOCCOCCCCc1ccc(CC)cc1. The molecule has 108 valence electrons. The molecule has 19 heavy (non-hydrogen) atoms. The zero-order valence-electron chi connectivity index (χ0n) is 12.5. The fraction of sp³-hybridized carbons (Fsp3) is 0.647. The summed E-state index contributed by atoms with van der Waals surface area (Å²) in [7, 11) is 0. The van der Waals surface area contributed by atoms with Crippen LogP contribution in [-0.4, -0.2) is 26.4 Å². The van der Waals surface area contributed by atoms with Crippen molar-refractivity contribution in [1.82, 2.24) is 0 Å². The van der Waals surface area contributed by atoms with Crippen LogP contribution < -0.4 is 0 Å². The van der Waals surface area contributed by atoms with Gasteiger partial charge < -0.3 is 9.47 Å². The maximum Gasteiger partial charge on any atom is 0.0700 e. The van der Waals surface area contributed by atoms with Crippen molar-refractivity contribution < 1.29 is 9.47 Å². The number of ether oxygens (including phenoxy) is 2. The van der Waals surface area contributed by atoms with Gasteiger partial charge in [-0.2, -0.15) is 0 Å². The molecular weight excluding hydrogens is 236 g/mol. The molecule has 0 bridgehead atoms. The van der Waals surface area contributed by atoms with Crippen LogP contribution in [0.2, 0.25) is 0 Å². The van der Waals surface area contributed by atoms with Crippen LogP contribution in [0.5, 0.6) is 0 Å². The van der Waals surface area contributed by atoms with E-state index in [1.54, 1.807) is 0 Å². The molecule has 0 atom stereocenters. The first-order valence-electron chi connectivity index (χ1n) is 7.60. The summed E-state index contributed by atoms with van der Waals surface area (Å²) in [4.78, 5) is 0. The minimum atomic E-state index is 0.727. The van der Waals surface area contributed by atoms with Gasteiger partial charge in [-0.25, -0.2) is 0 Å². The second-order valence-electron chi connectivity index (χ2n) is 4.85. The van der Waals surface area contributed by atoms with E-state index in [-0.39, 0.29) is 0 Å². The van der Waals surface area contributed by atoms with Gasteiger partial charge in [0.1, 0.15) is 0 Å². The Balaban J connectivity index is 1.95. The molecule has 0 aromatic heterocycles. The minimum absolute atomic E-state index is 0.727. The normalized spacial score (nSPS) is 10.8. The van der Waals surface area contributed by atoms with Gasteiger partial charge in [-0.3, -0.25) is 0 Å². The Bertz CT molecular complexity index is 306. The third-order valence-electron chi connectivity index (χ3n) is 3.16. The van der Waals surface area contributed by atoms with Crippen LogP contribution in [0.15, 0.2) is 24.3 Å². The van der Waals surface area contributed by atoms with Gasteiger partial charge in [0.25, 0.3) is 0 Å². The molecule has 2 heteroatoms. The average Bonchev–Trinajstić information content (AvgIpc) is 2.46. The second kappa shape index (κ2) is 11.0. The van der Waals surface area contributed by atoms with Crippen LogP contribution in [0.3, 0.4) is 0 Å². The molecular formula is C17H28O2. The van der Waals surface area contributed by atoms with E-state index >= 15 is 0 Å². The lowest BCUT2D eigenvalue weighted by atomic mass is 10.1. The third-order valence-corrected chi connectivity index (χ3v) is 3.16. The van der Waals surface area contributed by atoms with Crippen molar-refractivity contribution in [3.8, 4) is 0 Å². The quantitative estimate of drug-likeness (QED) is 0.562. The van der Waals surface area contributed by atoms with Crippen LogP contribution >= 0.6 is 0 Å². The topological polar surface area (TPSA) is 18.5 Å². The van der Waals surface area contributed by atoms with E-state index in [1.165, 1.54) is 17.5 Å². The average molecular weight is 264 g/mol. The zero-order chi connectivity index (χ0) is 13.8. The first-order chi connectivity index (χ1) is 9.36. The predicted octanol–water partition coefficient (Wildman–Crippen LogP) is 4.01. The van der Waals surface area contributed by atoms with Crippen molar-refractivity contribution in [2.75, 3.05) is 26.4 Å². The van der Waals surface area contributed by atoms with Crippen LogP contribution in [-0.2, 0) is 22.3 Å². The molecule has 0 fully saturated rings. The third kappa shape index (κ3) is 8.02. The van der Waals surface area contributed by atoms with Gasteiger partial charge >= 0.3 is 0 Å². The Hall–Kier alpha value is -0.860. The minimum Gasteiger partial charge on any atom is -0.379 e. The summed E-state index contributed by atoms with van der Waals surface area (Å²) in [6.45, 7) is 7.46. The largest absolute Gasteiger partial charge is 0.379 e. The predicted molar refractivity (Wildman–Crippen MR) is 80.7 cm³/mol. The Morgan fingerprint density at radius 3 is 2.00 bits per heavy atom. The monoisotopic (exact) mass is 264 g/mol. The maximum absolute atomic E-state index is 5.53. The smallest absolute Gasteiger partial charge is 0.0700 e. The van der Waals surface area contributed by atoms with Crippen molar-refractivity contribution in [3.63, 3.8) is 0 Å². The van der Waals surface area contributed by atoms with Gasteiger partial charge in [0.2, 0.25) is 0 Å². The lowest BCUT2D eigenvalue weighted by molar-refractivity contribution is 0.0467. The molecule has 1 aromatic carbocycles. The maximum atomic E-state index is 5.53. The lowest BCUT2D eigenvalue weighted by Crippen LogP contribution is -2.05. The van der Waals surface area contributed by atoms with Gasteiger partial charge in [-0.15, -0.1) is 0 Å². The highest BCUT2D eigenvalue weighted by molar-refractivity contribution is 5.22. The number of hydrogen-bond donors (Lipinski definition) is 0. The molecule has 0 aliphatic heterocycles. The van der Waals surface area contributed by atoms with E-state index in [1.807, 2.05) is 0 Å². The molecule has 0 radical (unpaired) electrons. The Morgan fingerprint density at radius 2 is 1.37 bits per heavy atom. The van der Waals surface area contributed by atoms with Gasteiger partial charge in [0, 0.05) is 13.2 Å². The van der Waals surface area contributed by atoms with E-state index in [2.05, 4.69) is 38.1 Å². The number of rotatable bonds is 11. The highest BCUT2D eigenvalue weighted by atomic mass is 16.5. The highest BCUT2D eigenvalue weighted by Crippen LogP contribution is 2.08. The Labute approximate surface area is 118 Å². The molecule has 0 saturated heterocycles. The summed E-state index contributed by atoms with van der Waals surface area (Å²) in [6.07, 6.45) is 5.68. The van der Waals surface area contributed by atoms with E-state index in [0.717, 1.165) is 52.1 Å². The Morgan fingerprint density at radius 1 is 0.737 bits per heavy atom. The Kier molecular flexibility index (Phi) is 9.38. The molecule has 1 rings (SSSR count). The number of aryl methyl sites for hydroxylation is 2. The summed E-state index contributed by atoms with van der Waals surface area (Å²) in [5.41, 5.74) is 2.85. The number of hydrogen-bond acceptors (Lipinski definition) is 2. The molecule has 0 amide bonds. The van der Waals surface area contributed by atoms with Crippen LogP contribution in [0.4, 0.5) is 0 Å². The van der Waals surface area contributed by atoms with Crippen molar-refractivity contribution in [1.29, 1.82) is 0 Å². The lowest BCUT2D eigenvalue weighted by Gasteiger charge is -2.05. The number of benzene rings is 1. The fourth-order valence-electron chi connectivity index (χ4n) is 1.94. The summed E-state index contributed by atoms with van der Waals surface area (Å²) >= 11 is 0. The van der Waals surface area contributed by atoms with Crippen molar-refractivity contribution >= 4 is 0 Å². The van der Waals surface area contributed by atoms with Gasteiger partial charge in [-0.1, -0.05) is 38.1 Å². The first-order valence-corrected chi connectivity index (χ1v) is 7.60.